The fraction of sp³-hybridized carbons (Fsp3) is 0.0370. The third-order valence-electron chi connectivity index (χ3n) is 5.56. The third kappa shape index (κ3) is 3.33. The number of nitriles is 1. The van der Waals surface area contributed by atoms with Crippen LogP contribution in [0.2, 0.25) is 0 Å². The van der Waals surface area contributed by atoms with Crippen LogP contribution in [0, 0.1) is 11.3 Å². The molecular weight excluding hydrogens is 380 g/mol. The van der Waals surface area contributed by atoms with Gasteiger partial charge in [0.25, 0.3) is 0 Å². The van der Waals surface area contributed by atoms with Gasteiger partial charge in [0.2, 0.25) is 0 Å². The first-order valence-corrected chi connectivity index (χ1v) is 10.1. The van der Waals surface area contributed by atoms with Crippen LogP contribution in [-0.2, 0) is 6.54 Å². The summed E-state index contributed by atoms with van der Waals surface area (Å²) in [5, 5.41) is 11.1. The van der Waals surface area contributed by atoms with Crippen LogP contribution < -0.4 is 5.73 Å². The first-order chi connectivity index (χ1) is 15.3. The Hall–Kier alpha value is -4.36. The van der Waals surface area contributed by atoms with Crippen LogP contribution in [0.25, 0.3) is 33.2 Å². The summed E-state index contributed by atoms with van der Waals surface area (Å²) in [5.74, 6) is 0.247. The summed E-state index contributed by atoms with van der Waals surface area (Å²) >= 11 is 0. The first kappa shape index (κ1) is 18.7. The molecule has 0 fully saturated rings. The smallest absolute Gasteiger partial charge is 0.141 e. The van der Waals surface area contributed by atoms with Gasteiger partial charge >= 0.3 is 0 Å². The van der Waals surface area contributed by atoms with E-state index in [1.54, 1.807) is 6.20 Å². The lowest BCUT2D eigenvalue weighted by atomic mass is 9.92. The van der Waals surface area contributed by atoms with Crippen molar-refractivity contribution in [3.05, 3.63) is 108 Å². The predicted octanol–water partition coefficient (Wildman–Crippen LogP) is 5.87. The molecule has 0 aliphatic carbocycles. The molecule has 0 spiro atoms. The van der Waals surface area contributed by atoms with E-state index in [2.05, 4.69) is 46.1 Å². The molecule has 0 atom stereocenters. The Labute approximate surface area is 180 Å². The molecule has 0 aliphatic rings. The number of rotatable bonds is 4. The van der Waals surface area contributed by atoms with Gasteiger partial charge in [-0.25, -0.2) is 4.98 Å². The van der Waals surface area contributed by atoms with Crippen molar-refractivity contribution in [1.29, 1.82) is 5.26 Å². The molecule has 31 heavy (non-hydrogen) atoms. The number of nitrogen functional groups attached to an aromatic ring is 1. The molecule has 2 heterocycles. The summed E-state index contributed by atoms with van der Waals surface area (Å²) in [4.78, 5) is 4.32. The van der Waals surface area contributed by atoms with Crippen LogP contribution in [0.1, 0.15) is 11.1 Å². The second-order valence-electron chi connectivity index (χ2n) is 7.46. The highest BCUT2D eigenvalue weighted by atomic mass is 15.0. The summed E-state index contributed by atoms with van der Waals surface area (Å²) in [5.41, 5.74) is 12.6. The number of fused-ring (bicyclic) bond motifs is 1. The Balaban J connectivity index is 1.79. The molecule has 5 rings (SSSR count). The van der Waals surface area contributed by atoms with Gasteiger partial charge in [0, 0.05) is 46.5 Å². The van der Waals surface area contributed by atoms with Gasteiger partial charge in [-0.15, -0.1) is 0 Å². The minimum Gasteiger partial charge on any atom is -0.383 e. The van der Waals surface area contributed by atoms with Gasteiger partial charge in [0.1, 0.15) is 17.5 Å². The first-order valence-electron chi connectivity index (χ1n) is 10.1. The van der Waals surface area contributed by atoms with Crippen molar-refractivity contribution in [3.63, 3.8) is 0 Å². The monoisotopic (exact) mass is 400 g/mol. The zero-order valence-corrected chi connectivity index (χ0v) is 16.9. The highest BCUT2D eigenvalue weighted by molar-refractivity contribution is 6.02. The van der Waals surface area contributed by atoms with Crippen LogP contribution in [-0.4, -0.2) is 9.55 Å². The van der Waals surface area contributed by atoms with E-state index in [-0.39, 0.29) is 5.82 Å². The average Bonchev–Trinajstić information content (AvgIpc) is 3.18. The van der Waals surface area contributed by atoms with E-state index in [4.69, 9.17) is 5.73 Å². The lowest BCUT2D eigenvalue weighted by Gasteiger charge is -2.12. The number of hydrogen-bond donors (Lipinski definition) is 1. The van der Waals surface area contributed by atoms with E-state index < -0.39 is 0 Å². The number of nitrogens with zero attached hydrogens (tertiary/aromatic N) is 3. The number of pyridine rings is 1. The summed E-state index contributed by atoms with van der Waals surface area (Å²) in [6.45, 7) is 0.741. The molecule has 0 bridgehead atoms. The number of benzene rings is 3. The molecule has 5 aromatic rings. The Morgan fingerprint density at radius 3 is 2.26 bits per heavy atom. The topological polar surface area (TPSA) is 67.6 Å². The van der Waals surface area contributed by atoms with Gasteiger partial charge in [-0.3, -0.25) is 0 Å². The quantitative estimate of drug-likeness (QED) is 0.410. The normalized spacial score (nSPS) is 10.8. The van der Waals surface area contributed by atoms with Gasteiger partial charge in [0.15, 0.2) is 0 Å². The maximum atomic E-state index is 9.97. The second kappa shape index (κ2) is 7.81. The predicted molar refractivity (Wildman–Crippen MR) is 125 cm³/mol. The second-order valence-corrected chi connectivity index (χ2v) is 7.46. The Morgan fingerprint density at radius 1 is 0.839 bits per heavy atom. The molecule has 0 amide bonds. The van der Waals surface area contributed by atoms with Crippen molar-refractivity contribution in [2.45, 2.75) is 6.54 Å². The van der Waals surface area contributed by atoms with Gasteiger partial charge in [-0.05, 0) is 17.2 Å². The van der Waals surface area contributed by atoms with Crippen molar-refractivity contribution in [2.24, 2.45) is 0 Å². The molecule has 3 aromatic carbocycles. The Bertz CT molecular complexity index is 1410. The molecule has 148 valence electrons. The summed E-state index contributed by atoms with van der Waals surface area (Å²) in [6, 6.07) is 30.9. The Morgan fingerprint density at radius 2 is 1.52 bits per heavy atom. The minimum atomic E-state index is 0.247. The van der Waals surface area contributed by atoms with Crippen molar-refractivity contribution < 1.29 is 0 Å². The zero-order chi connectivity index (χ0) is 21.2. The fourth-order valence-electron chi connectivity index (χ4n) is 4.11. The van der Waals surface area contributed by atoms with Gasteiger partial charge < -0.3 is 10.3 Å². The number of para-hydroxylation sites is 1. The van der Waals surface area contributed by atoms with Crippen molar-refractivity contribution in [3.8, 4) is 28.3 Å². The standard InChI is InChI=1S/C27H20N4/c28-15-22-26(23(16-30-27(22)29)20-11-5-2-6-12-20)24-18-31(17-19-9-3-1-4-10-19)25-14-8-7-13-21(24)25/h1-14,16,18H,17H2,(H2,29,30). The number of anilines is 1. The largest absolute Gasteiger partial charge is 0.383 e. The van der Waals surface area contributed by atoms with Crippen LogP contribution >= 0.6 is 0 Å². The van der Waals surface area contributed by atoms with Crippen LogP contribution in [0.15, 0.2) is 97.3 Å². The molecule has 0 radical (unpaired) electrons. The third-order valence-corrected chi connectivity index (χ3v) is 5.56. The molecule has 0 unspecified atom stereocenters. The average molecular weight is 400 g/mol. The maximum absolute atomic E-state index is 9.97. The number of nitrogens with two attached hydrogens (primary N) is 1. The Kier molecular flexibility index (Phi) is 4.70. The van der Waals surface area contributed by atoms with E-state index in [9.17, 15) is 5.26 Å². The van der Waals surface area contributed by atoms with E-state index in [0.717, 1.165) is 39.7 Å². The maximum Gasteiger partial charge on any atom is 0.141 e. The van der Waals surface area contributed by atoms with Crippen molar-refractivity contribution in [1.82, 2.24) is 9.55 Å². The van der Waals surface area contributed by atoms with Crippen LogP contribution in [0.5, 0.6) is 0 Å². The van der Waals surface area contributed by atoms with Gasteiger partial charge in [0.05, 0.1) is 0 Å². The van der Waals surface area contributed by atoms with Crippen LogP contribution in [0.4, 0.5) is 5.82 Å². The zero-order valence-electron chi connectivity index (χ0n) is 16.9. The molecule has 0 saturated heterocycles. The SMILES string of the molecule is N#Cc1c(N)ncc(-c2ccccc2)c1-c1cn(Cc2ccccc2)c2ccccc12. The van der Waals surface area contributed by atoms with E-state index in [0.29, 0.717) is 5.56 Å². The van der Waals surface area contributed by atoms with Gasteiger partial charge in [-0.1, -0.05) is 78.9 Å². The number of aromatic nitrogens is 2. The molecule has 2 aromatic heterocycles. The molecule has 2 N–H and O–H groups in total. The molecule has 0 saturated carbocycles. The highest BCUT2D eigenvalue weighted by Gasteiger charge is 2.20. The summed E-state index contributed by atoms with van der Waals surface area (Å²) in [7, 11) is 0. The van der Waals surface area contributed by atoms with Crippen molar-refractivity contribution >= 4 is 16.7 Å². The lowest BCUT2D eigenvalue weighted by molar-refractivity contribution is 0.837. The molecule has 4 heteroatoms. The summed E-state index contributed by atoms with van der Waals surface area (Å²) in [6.07, 6.45) is 3.89. The van der Waals surface area contributed by atoms with E-state index in [1.165, 1.54) is 5.56 Å². The minimum absolute atomic E-state index is 0.247. The van der Waals surface area contributed by atoms with Gasteiger partial charge in [-0.2, -0.15) is 5.26 Å². The molecular formula is C27H20N4. The lowest BCUT2D eigenvalue weighted by Crippen LogP contribution is -2.00. The summed E-state index contributed by atoms with van der Waals surface area (Å²) < 4.78 is 2.23. The molecule has 4 nitrogen and oxygen atoms in total. The molecule has 0 aliphatic heterocycles. The van der Waals surface area contributed by atoms with E-state index >= 15 is 0 Å². The van der Waals surface area contributed by atoms with Crippen LogP contribution in [0.3, 0.4) is 0 Å². The van der Waals surface area contributed by atoms with Crippen molar-refractivity contribution in [2.75, 3.05) is 5.73 Å². The highest BCUT2D eigenvalue weighted by Crippen LogP contribution is 2.40. The van der Waals surface area contributed by atoms with E-state index in [1.807, 2.05) is 60.7 Å². The number of hydrogen-bond acceptors (Lipinski definition) is 3. The fourth-order valence-corrected chi connectivity index (χ4v) is 4.11.